The minimum absolute atomic E-state index is 0. The lowest BCUT2D eigenvalue weighted by atomic mass is 9.88. The molecule has 0 radical (unpaired) electrons. The van der Waals surface area contributed by atoms with Gasteiger partial charge < -0.3 is 15.4 Å². The van der Waals surface area contributed by atoms with E-state index in [9.17, 15) is 8.78 Å². The first-order chi connectivity index (χ1) is 12.6. The molecule has 0 aliphatic carbocycles. The van der Waals surface area contributed by atoms with Crippen molar-refractivity contribution in [3.63, 3.8) is 0 Å². The first kappa shape index (κ1) is 22.3. The number of halogens is 3. The number of nitrogens with one attached hydrogen (secondary N) is 2. The summed E-state index contributed by atoms with van der Waals surface area (Å²) >= 11 is 0. The number of aliphatic imine (C=N–C) groups is 1. The van der Waals surface area contributed by atoms with Gasteiger partial charge in [-0.3, -0.25) is 9.89 Å². The second kappa shape index (κ2) is 10.5. The summed E-state index contributed by atoms with van der Waals surface area (Å²) in [7, 11) is 1.68. The fourth-order valence-electron chi connectivity index (χ4n) is 3.87. The number of likely N-dealkylation sites (tertiary alicyclic amines) is 1. The molecule has 2 aliphatic heterocycles. The van der Waals surface area contributed by atoms with E-state index in [0.29, 0.717) is 5.96 Å². The second-order valence-corrected chi connectivity index (χ2v) is 7.05. The van der Waals surface area contributed by atoms with Gasteiger partial charge in [0, 0.05) is 44.5 Å². The van der Waals surface area contributed by atoms with E-state index in [-0.39, 0.29) is 41.6 Å². The molecule has 1 aromatic rings. The van der Waals surface area contributed by atoms with Crippen LogP contribution in [0.3, 0.4) is 0 Å². The van der Waals surface area contributed by atoms with E-state index in [4.69, 9.17) is 4.74 Å². The molecular formula is C19H29F2IN4O. The highest BCUT2D eigenvalue weighted by Crippen LogP contribution is 2.30. The number of nitrogens with zero attached hydrogens (tertiary/aromatic N) is 2. The van der Waals surface area contributed by atoms with Crippen LogP contribution in [0.4, 0.5) is 8.78 Å². The van der Waals surface area contributed by atoms with Gasteiger partial charge in [0.05, 0.1) is 0 Å². The average Bonchev–Trinajstić information content (AvgIpc) is 3.21. The van der Waals surface area contributed by atoms with E-state index in [1.54, 1.807) is 7.05 Å². The van der Waals surface area contributed by atoms with Gasteiger partial charge in [0.2, 0.25) is 0 Å². The predicted octanol–water partition coefficient (Wildman–Crippen LogP) is 2.89. The first-order valence-electron chi connectivity index (χ1n) is 9.34. The number of hydrogen-bond acceptors (Lipinski definition) is 3. The third-order valence-electron chi connectivity index (χ3n) is 5.46. The molecule has 0 spiro atoms. The molecule has 2 N–H and O–H groups in total. The van der Waals surface area contributed by atoms with Crippen LogP contribution >= 0.6 is 24.0 Å². The van der Waals surface area contributed by atoms with Crippen molar-refractivity contribution >= 4 is 29.9 Å². The fraction of sp³-hybridized carbons (Fsp3) is 0.632. The lowest BCUT2D eigenvalue weighted by Crippen LogP contribution is -2.58. The number of benzene rings is 1. The van der Waals surface area contributed by atoms with Gasteiger partial charge >= 0.3 is 0 Å². The first-order valence-corrected chi connectivity index (χ1v) is 9.34. The SMILES string of the molecule is CN=C(NCc1cc(F)ccc1F)NCC1(N2CCCC2)CCOCC1.I. The van der Waals surface area contributed by atoms with Crippen LogP contribution in [-0.2, 0) is 11.3 Å². The molecule has 0 atom stereocenters. The third kappa shape index (κ3) is 5.74. The van der Waals surface area contributed by atoms with Crippen LogP contribution in [0.1, 0.15) is 31.2 Å². The average molecular weight is 494 g/mol. The van der Waals surface area contributed by atoms with Crippen molar-refractivity contribution in [2.24, 2.45) is 4.99 Å². The van der Waals surface area contributed by atoms with E-state index in [1.807, 2.05) is 0 Å². The molecule has 0 aromatic heterocycles. The van der Waals surface area contributed by atoms with Gasteiger partial charge in [-0.15, -0.1) is 24.0 Å². The van der Waals surface area contributed by atoms with Crippen molar-refractivity contribution in [2.45, 2.75) is 37.8 Å². The summed E-state index contributed by atoms with van der Waals surface area (Å²) in [5.41, 5.74) is 0.365. The van der Waals surface area contributed by atoms with E-state index in [0.717, 1.165) is 57.8 Å². The Morgan fingerprint density at radius 1 is 1.19 bits per heavy atom. The van der Waals surface area contributed by atoms with Crippen molar-refractivity contribution in [3.05, 3.63) is 35.4 Å². The van der Waals surface area contributed by atoms with Crippen molar-refractivity contribution < 1.29 is 13.5 Å². The molecule has 152 valence electrons. The van der Waals surface area contributed by atoms with Gasteiger partial charge in [-0.05, 0) is 57.0 Å². The molecule has 2 saturated heterocycles. The smallest absolute Gasteiger partial charge is 0.191 e. The Hall–Kier alpha value is -1.00. The molecule has 5 nitrogen and oxygen atoms in total. The second-order valence-electron chi connectivity index (χ2n) is 7.05. The van der Waals surface area contributed by atoms with Crippen molar-refractivity contribution in [2.75, 3.05) is 39.9 Å². The zero-order valence-electron chi connectivity index (χ0n) is 15.8. The maximum Gasteiger partial charge on any atom is 0.191 e. The standard InChI is InChI=1S/C19H28F2N4O.HI/c1-22-18(23-13-15-12-16(20)4-5-17(15)21)24-14-19(6-10-26-11-7-19)25-8-2-3-9-25;/h4-5,12H,2-3,6-11,13-14H2,1H3,(H2,22,23,24);1H. The maximum absolute atomic E-state index is 13.8. The molecule has 8 heteroatoms. The van der Waals surface area contributed by atoms with E-state index < -0.39 is 11.6 Å². The normalized spacial score (nSPS) is 20.2. The van der Waals surface area contributed by atoms with Gasteiger partial charge in [0.15, 0.2) is 5.96 Å². The maximum atomic E-state index is 13.8. The van der Waals surface area contributed by atoms with E-state index >= 15 is 0 Å². The number of guanidine groups is 1. The van der Waals surface area contributed by atoms with Gasteiger partial charge in [0.1, 0.15) is 11.6 Å². The molecular weight excluding hydrogens is 465 g/mol. The molecule has 0 amide bonds. The van der Waals surface area contributed by atoms with Crippen molar-refractivity contribution in [1.82, 2.24) is 15.5 Å². The monoisotopic (exact) mass is 494 g/mol. The quantitative estimate of drug-likeness (QED) is 0.376. The lowest BCUT2D eigenvalue weighted by molar-refractivity contribution is -0.0164. The Labute approximate surface area is 177 Å². The molecule has 27 heavy (non-hydrogen) atoms. The van der Waals surface area contributed by atoms with Crippen LogP contribution < -0.4 is 10.6 Å². The summed E-state index contributed by atoms with van der Waals surface area (Å²) in [6, 6.07) is 3.48. The van der Waals surface area contributed by atoms with Crippen LogP contribution in [0.2, 0.25) is 0 Å². The number of hydrogen-bond donors (Lipinski definition) is 2. The summed E-state index contributed by atoms with van der Waals surface area (Å²) in [5, 5.41) is 6.47. The minimum atomic E-state index is -0.443. The van der Waals surface area contributed by atoms with Crippen LogP contribution in [0.15, 0.2) is 23.2 Å². The molecule has 0 bridgehead atoms. The van der Waals surface area contributed by atoms with E-state index in [1.165, 1.54) is 18.9 Å². The summed E-state index contributed by atoms with van der Waals surface area (Å²) in [5.74, 6) is -0.271. The summed E-state index contributed by atoms with van der Waals surface area (Å²) in [4.78, 5) is 6.80. The Bertz CT molecular complexity index is 632. The van der Waals surface area contributed by atoms with Crippen LogP contribution in [0.5, 0.6) is 0 Å². The molecule has 1 aromatic carbocycles. The topological polar surface area (TPSA) is 48.9 Å². The summed E-state index contributed by atoms with van der Waals surface area (Å²) in [6.07, 6.45) is 4.48. The van der Waals surface area contributed by atoms with E-state index in [2.05, 4.69) is 20.5 Å². The Kier molecular flexibility index (Phi) is 8.68. The van der Waals surface area contributed by atoms with Crippen molar-refractivity contribution in [3.8, 4) is 0 Å². The molecule has 2 aliphatic rings. The highest BCUT2D eigenvalue weighted by atomic mass is 127. The van der Waals surface area contributed by atoms with Gasteiger partial charge in [-0.25, -0.2) is 8.78 Å². The minimum Gasteiger partial charge on any atom is -0.381 e. The number of rotatable bonds is 5. The van der Waals surface area contributed by atoms with Gasteiger partial charge in [0.25, 0.3) is 0 Å². The van der Waals surface area contributed by atoms with Crippen LogP contribution in [0, 0.1) is 11.6 Å². The van der Waals surface area contributed by atoms with Crippen LogP contribution in [-0.4, -0.2) is 56.3 Å². The third-order valence-corrected chi connectivity index (χ3v) is 5.46. The fourth-order valence-corrected chi connectivity index (χ4v) is 3.87. The molecule has 0 saturated carbocycles. The highest BCUT2D eigenvalue weighted by molar-refractivity contribution is 14.0. The highest BCUT2D eigenvalue weighted by Gasteiger charge is 2.39. The number of ether oxygens (including phenoxy) is 1. The van der Waals surface area contributed by atoms with Gasteiger partial charge in [-0.2, -0.15) is 0 Å². The molecule has 3 rings (SSSR count). The zero-order chi connectivity index (χ0) is 18.4. The summed E-state index contributed by atoms with van der Waals surface area (Å²) < 4.78 is 32.7. The van der Waals surface area contributed by atoms with Crippen molar-refractivity contribution in [1.29, 1.82) is 0 Å². The molecule has 0 unspecified atom stereocenters. The van der Waals surface area contributed by atoms with Gasteiger partial charge in [-0.1, -0.05) is 0 Å². The Balaban J connectivity index is 0.00000261. The zero-order valence-corrected chi connectivity index (χ0v) is 18.1. The predicted molar refractivity (Wildman–Crippen MR) is 114 cm³/mol. The largest absolute Gasteiger partial charge is 0.381 e. The Morgan fingerprint density at radius 2 is 1.89 bits per heavy atom. The molecule has 2 fully saturated rings. The summed E-state index contributed by atoms with van der Waals surface area (Å²) in [6.45, 7) is 4.76. The Morgan fingerprint density at radius 3 is 2.56 bits per heavy atom. The van der Waals surface area contributed by atoms with Crippen LogP contribution in [0.25, 0.3) is 0 Å². The molecule has 2 heterocycles. The lowest BCUT2D eigenvalue weighted by Gasteiger charge is -2.45.